The summed E-state index contributed by atoms with van der Waals surface area (Å²) in [7, 11) is 1.91. The van der Waals surface area contributed by atoms with Gasteiger partial charge in [-0.3, -0.25) is 9.48 Å². The summed E-state index contributed by atoms with van der Waals surface area (Å²) in [6.45, 7) is 1.38. The molecule has 0 aromatic carbocycles. The Bertz CT molecular complexity index is 571. The van der Waals surface area contributed by atoms with Gasteiger partial charge in [-0.25, -0.2) is 0 Å². The van der Waals surface area contributed by atoms with Gasteiger partial charge in [-0.05, 0) is 30.7 Å². The van der Waals surface area contributed by atoms with E-state index in [1.54, 1.807) is 4.68 Å². The highest BCUT2D eigenvalue weighted by Crippen LogP contribution is 2.34. The number of hydrogen-bond donors (Lipinski definition) is 2. The molecule has 23 heavy (non-hydrogen) atoms. The van der Waals surface area contributed by atoms with Crippen molar-refractivity contribution in [1.29, 1.82) is 0 Å². The van der Waals surface area contributed by atoms with Crippen molar-refractivity contribution in [2.75, 3.05) is 13.1 Å². The molecule has 0 spiro atoms. The zero-order valence-corrected chi connectivity index (χ0v) is 13.8. The fraction of sp³-hybridized carbons (Fsp3) is 0.765. The fourth-order valence-corrected chi connectivity index (χ4v) is 4.72. The Morgan fingerprint density at radius 3 is 2.91 bits per heavy atom. The molecule has 3 fully saturated rings. The molecule has 1 saturated carbocycles. The third-order valence-electron chi connectivity index (χ3n) is 5.99. The average Bonchev–Trinajstić information content (AvgIpc) is 3.24. The average molecular weight is 317 g/mol. The number of rotatable bonds is 2. The molecular weight excluding hydrogens is 290 g/mol. The normalized spacial score (nSPS) is 37.1. The van der Waals surface area contributed by atoms with Gasteiger partial charge in [-0.15, -0.1) is 0 Å². The molecule has 5 atom stereocenters. The number of carbonyl (C=O) groups excluding carboxylic acids is 1. The first kappa shape index (κ1) is 15.1. The van der Waals surface area contributed by atoms with Crippen molar-refractivity contribution in [1.82, 2.24) is 20.0 Å². The quantitative estimate of drug-likeness (QED) is 0.837. The Morgan fingerprint density at radius 1 is 1.35 bits per heavy atom. The molecule has 1 amide bonds. The van der Waals surface area contributed by atoms with E-state index in [1.165, 1.54) is 25.7 Å². The Kier molecular flexibility index (Phi) is 3.89. The Morgan fingerprint density at radius 2 is 2.17 bits per heavy atom. The predicted octanol–water partition coefficient (Wildman–Crippen LogP) is 0.594. The van der Waals surface area contributed by atoms with Crippen LogP contribution in [0, 0.1) is 5.92 Å². The van der Waals surface area contributed by atoms with E-state index in [0.717, 1.165) is 18.5 Å². The Balaban J connectivity index is 1.42. The topological polar surface area (TPSA) is 76.2 Å². The standard InChI is InChI=1S/C17H27N5O/c1-21-8-12(7-19-21)13-9-22(10-14(13)18)17(23)16-6-11-4-2-3-5-15(11)20-16/h7-8,11,13-16,20H,2-6,9-10,18H2,1H3/t11-,13-,14+,15-,16-/m0/s1. The van der Waals surface area contributed by atoms with E-state index < -0.39 is 0 Å². The lowest BCUT2D eigenvalue weighted by Gasteiger charge is -2.24. The van der Waals surface area contributed by atoms with Crippen LogP contribution in [0.5, 0.6) is 0 Å². The van der Waals surface area contributed by atoms with Crippen LogP contribution < -0.4 is 11.1 Å². The molecule has 6 heteroatoms. The van der Waals surface area contributed by atoms with E-state index in [4.69, 9.17) is 5.73 Å². The second-order valence-corrected chi connectivity index (χ2v) is 7.57. The molecule has 0 unspecified atom stereocenters. The number of nitrogens with one attached hydrogen (secondary N) is 1. The van der Waals surface area contributed by atoms with Gasteiger partial charge in [0.1, 0.15) is 0 Å². The number of amides is 1. The number of nitrogens with two attached hydrogens (primary N) is 1. The minimum Gasteiger partial charge on any atom is -0.339 e. The monoisotopic (exact) mass is 317 g/mol. The van der Waals surface area contributed by atoms with Gasteiger partial charge >= 0.3 is 0 Å². The summed E-state index contributed by atoms with van der Waals surface area (Å²) in [5.41, 5.74) is 7.45. The van der Waals surface area contributed by atoms with Gasteiger partial charge in [0.25, 0.3) is 0 Å². The minimum atomic E-state index is 0.00273. The maximum atomic E-state index is 12.9. The number of nitrogens with zero attached hydrogens (tertiary/aromatic N) is 3. The van der Waals surface area contributed by atoms with Crippen molar-refractivity contribution in [3.05, 3.63) is 18.0 Å². The number of hydrogen-bond acceptors (Lipinski definition) is 4. The maximum Gasteiger partial charge on any atom is 0.239 e. The lowest BCUT2D eigenvalue weighted by molar-refractivity contribution is -0.132. The molecule has 0 radical (unpaired) electrons. The second-order valence-electron chi connectivity index (χ2n) is 7.57. The van der Waals surface area contributed by atoms with Crippen LogP contribution in [-0.2, 0) is 11.8 Å². The highest BCUT2D eigenvalue weighted by atomic mass is 16.2. The van der Waals surface area contributed by atoms with Crippen molar-refractivity contribution in [2.24, 2.45) is 18.7 Å². The van der Waals surface area contributed by atoms with E-state index in [0.29, 0.717) is 18.5 Å². The van der Waals surface area contributed by atoms with Gasteiger partial charge in [0, 0.05) is 44.3 Å². The first-order chi connectivity index (χ1) is 11.1. The molecule has 3 N–H and O–H groups in total. The molecule has 1 aliphatic carbocycles. The molecule has 126 valence electrons. The highest BCUT2D eigenvalue weighted by Gasteiger charge is 2.42. The molecule has 1 aromatic rings. The highest BCUT2D eigenvalue weighted by molar-refractivity contribution is 5.83. The number of aromatic nitrogens is 2. The molecule has 0 bridgehead atoms. The van der Waals surface area contributed by atoms with Crippen LogP contribution >= 0.6 is 0 Å². The lowest BCUT2D eigenvalue weighted by Crippen LogP contribution is -2.45. The van der Waals surface area contributed by atoms with Crippen LogP contribution in [0.1, 0.15) is 43.6 Å². The first-order valence-corrected chi connectivity index (χ1v) is 8.91. The van der Waals surface area contributed by atoms with Gasteiger partial charge in [0.2, 0.25) is 5.91 Å². The van der Waals surface area contributed by atoms with Crippen LogP contribution in [0.25, 0.3) is 0 Å². The molecule has 4 rings (SSSR count). The van der Waals surface area contributed by atoms with Crippen LogP contribution in [0.2, 0.25) is 0 Å². The third-order valence-corrected chi connectivity index (χ3v) is 5.99. The minimum absolute atomic E-state index is 0.00273. The summed E-state index contributed by atoms with van der Waals surface area (Å²) in [5.74, 6) is 1.15. The second kappa shape index (κ2) is 5.91. The van der Waals surface area contributed by atoms with Gasteiger partial charge in [0.05, 0.1) is 12.2 Å². The molecule has 3 aliphatic rings. The first-order valence-electron chi connectivity index (χ1n) is 8.91. The van der Waals surface area contributed by atoms with Crippen LogP contribution in [0.4, 0.5) is 0 Å². The summed E-state index contributed by atoms with van der Waals surface area (Å²) in [5, 5.41) is 7.83. The largest absolute Gasteiger partial charge is 0.339 e. The molecule has 3 heterocycles. The van der Waals surface area contributed by atoms with Crippen molar-refractivity contribution >= 4 is 5.91 Å². The number of carbonyl (C=O) groups is 1. The maximum absolute atomic E-state index is 12.9. The summed E-state index contributed by atoms with van der Waals surface area (Å²) in [6, 6.07) is 0.567. The predicted molar refractivity (Wildman–Crippen MR) is 87.8 cm³/mol. The number of fused-ring (bicyclic) bond motifs is 1. The summed E-state index contributed by atoms with van der Waals surface area (Å²) in [6.07, 6.45) is 10.0. The van der Waals surface area contributed by atoms with E-state index in [9.17, 15) is 4.79 Å². The Labute approximate surface area is 137 Å². The van der Waals surface area contributed by atoms with Crippen molar-refractivity contribution < 1.29 is 4.79 Å². The molecule has 2 saturated heterocycles. The van der Waals surface area contributed by atoms with Crippen LogP contribution in [0.3, 0.4) is 0 Å². The molecule has 6 nitrogen and oxygen atoms in total. The van der Waals surface area contributed by atoms with Gasteiger partial charge in [-0.1, -0.05) is 12.8 Å². The smallest absolute Gasteiger partial charge is 0.239 e. The van der Waals surface area contributed by atoms with Gasteiger partial charge in [0.15, 0.2) is 0 Å². The lowest BCUT2D eigenvalue weighted by atomic mass is 9.85. The van der Waals surface area contributed by atoms with E-state index >= 15 is 0 Å². The summed E-state index contributed by atoms with van der Waals surface area (Å²) < 4.78 is 1.80. The third kappa shape index (κ3) is 2.78. The fourth-order valence-electron chi connectivity index (χ4n) is 4.72. The zero-order valence-electron chi connectivity index (χ0n) is 13.8. The molecular formula is C17H27N5O. The number of aryl methyl sites for hydroxylation is 1. The molecule has 1 aromatic heterocycles. The molecule has 2 aliphatic heterocycles. The van der Waals surface area contributed by atoms with Gasteiger partial charge in [-0.2, -0.15) is 5.10 Å². The summed E-state index contributed by atoms with van der Waals surface area (Å²) in [4.78, 5) is 14.9. The Hall–Kier alpha value is -1.40. The van der Waals surface area contributed by atoms with E-state index in [1.807, 2.05) is 24.3 Å². The van der Waals surface area contributed by atoms with E-state index in [2.05, 4.69) is 10.4 Å². The van der Waals surface area contributed by atoms with Gasteiger partial charge < -0.3 is 16.0 Å². The summed E-state index contributed by atoms with van der Waals surface area (Å²) >= 11 is 0. The van der Waals surface area contributed by atoms with Crippen LogP contribution in [-0.4, -0.2) is 51.8 Å². The zero-order chi connectivity index (χ0) is 16.0. The van der Waals surface area contributed by atoms with E-state index in [-0.39, 0.29) is 23.9 Å². The SMILES string of the molecule is Cn1cc([C@@H]2CN(C(=O)[C@@H]3C[C@@H]4CCCC[C@@H]4N3)C[C@H]2N)cn1. The number of likely N-dealkylation sites (tertiary alicyclic amines) is 1. The van der Waals surface area contributed by atoms with Crippen molar-refractivity contribution in [2.45, 2.75) is 56.1 Å². The van der Waals surface area contributed by atoms with Crippen molar-refractivity contribution in [3.63, 3.8) is 0 Å². The van der Waals surface area contributed by atoms with Crippen LogP contribution in [0.15, 0.2) is 12.4 Å². The van der Waals surface area contributed by atoms with Crippen molar-refractivity contribution in [3.8, 4) is 0 Å².